The van der Waals surface area contributed by atoms with Gasteiger partial charge in [-0.05, 0) is 48.6 Å². The molecule has 1 amide bonds. The van der Waals surface area contributed by atoms with E-state index in [1.807, 2.05) is 0 Å². The average molecular weight is 388 g/mol. The minimum absolute atomic E-state index is 0.0976. The lowest BCUT2D eigenvalue weighted by molar-refractivity contribution is -0.119. The van der Waals surface area contributed by atoms with Gasteiger partial charge in [0.15, 0.2) is 9.84 Å². The molecule has 144 valence electrons. The van der Waals surface area contributed by atoms with Crippen LogP contribution >= 0.6 is 0 Å². The molecule has 2 aromatic rings. The molecule has 1 fully saturated rings. The number of rotatable bonds is 6. The first kappa shape index (κ1) is 19.5. The first-order valence-electron chi connectivity index (χ1n) is 8.97. The SMILES string of the molecule is NC(C(=O)Nc1cccc(CS(=O)(=O)c2ccccc2)c1)C1CCOCC1. The maximum absolute atomic E-state index is 12.5. The minimum atomic E-state index is -3.44. The number of hydrogen-bond donors (Lipinski definition) is 2. The van der Waals surface area contributed by atoms with Gasteiger partial charge in [-0.15, -0.1) is 0 Å². The molecular formula is C20H24N2O4S. The van der Waals surface area contributed by atoms with Crippen LogP contribution in [0.25, 0.3) is 0 Å². The van der Waals surface area contributed by atoms with Gasteiger partial charge in [-0.25, -0.2) is 8.42 Å². The van der Waals surface area contributed by atoms with Crippen molar-refractivity contribution in [1.29, 1.82) is 0 Å². The number of amides is 1. The third-order valence-corrected chi connectivity index (χ3v) is 6.43. The van der Waals surface area contributed by atoms with Crippen molar-refractivity contribution < 1.29 is 17.9 Å². The fourth-order valence-electron chi connectivity index (χ4n) is 3.18. The lowest BCUT2D eigenvalue weighted by atomic mass is 9.92. The predicted molar refractivity (Wildman–Crippen MR) is 104 cm³/mol. The Morgan fingerprint density at radius 3 is 2.52 bits per heavy atom. The van der Waals surface area contributed by atoms with Crippen LogP contribution in [0.5, 0.6) is 0 Å². The second kappa shape index (κ2) is 8.65. The molecule has 0 radical (unpaired) electrons. The standard InChI is InChI=1S/C20H24N2O4S/c21-19(16-9-11-26-12-10-16)20(23)22-17-6-4-5-15(13-17)14-27(24,25)18-7-2-1-3-8-18/h1-8,13,16,19H,9-12,14,21H2,(H,22,23). The maximum Gasteiger partial charge on any atom is 0.241 e. The Labute approximate surface area is 159 Å². The highest BCUT2D eigenvalue weighted by atomic mass is 32.2. The van der Waals surface area contributed by atoms with Gasteiger partial charge in [-0.2, -0.15) is 0 Å². The van der Waals surface area contributed by atoms with E-state index < -0.39 is 15.9 Å². The smallest absolute Gasteiger partial charge is 0.241 e. The quantitative estimate of drug-likeness (QED) is 0.791. The Hall–Kier alpha value is -2.22. The molecule has 27 heavy (non-hydrogen) atoms. The van der Waals surface area contributed by atoms with Crippen LogP contribution in [0.1, 0.15) is 18.4 Å². The normalized spacial score (nSPS) is 16.6. The summed E-state index contributed by atoms with van der Waals surface area (Å²) < 4.78 is 30.4. The summed E-state index contributed by atoms with van der Waals surface area (Å²) in [5, 5.41) is 2.81. The fourth-order valence-corrected chi connectivity index (χ4v) is 4.54. The highest BCUT2D eigenvalue weighted by molar-refractivity contribution is 7.90. The van der Waals surface area contributed by atoms with Crippen molar-refractivity contribution in [2.75, 3.05) is 18.5 Å². The van der Waals surface area contributed by atoms with E-state index in [1.165, 1.54) is 0 Å². The summed E-state index contributed by atoms with van der Waals surface area (Å²) in [7, 11) is -3.44. The molecule has 1 saturated heterocycles. The zero-order chi connectivity index (χ0) is 19.3. The number of nitrogens with two attached hydrogens (primary N) is 1. The number of benzene rings is 2. The van der Waals surface area contributed by atoms with Gasteiger partial charge >= 0.3 is 0 Å². The third-order valence-electron chi connectivity index (χ3n) is 4.73. The molecule has 6 nitrogen and oxygen atoms in total. The van der Waals surface area contributed by atoms with Gasteiger partial charge in [-0.1, -0.05) is 30.3 Å². The van der Waals surface area contributed by atoms with Gasteiger partial charge in [0, 0.05) is 18.9 Å². The van der Waals surface area contributed by atoms with E-state index in [1.54, 1.807) is 54.6 Å². The topological polar surface area (TPSA) is 98.5 Å². The molecule has 1 aliphatic heterocycles. The summed E-state index contributed by atoms with van der Waals surface area (Å²) in [6, 6.07) is 14.6. The lowest BCUT2D eigenvalue weighted by Gasteiger charge is -2.26. The van der Waals surface area contributed by atoms with Crippen molar-refractivity contribution in [2.45, 2.75) is 29.5 Å². The molecule has 3 rings (SSSR count). The summed E-state index contributed by atoms with van der Waals surface area (Å²) in [4.78, 5) is 12.7. The molecule has 1 unspecified atom stereocenters. The van der Waals surface area contributed by atoms with E-state index in [4.69, 9.17) is 10.5 Å². The number of ether oxygens (including phenoxy) is 1. The lowest BCUT2D eigenvalue weighted by Crippen LogP contribution is -2.44. The van der Waals surface area contributed by atoms with Gasteiger partial charge in [0.25, 0.3) is 0 Å². The van der Waals surface area contributed by atoms with Crippen molar-refractivity contribution in [3.8, 4) is 0 Å². The summed E-state index contributed by atoms with van der Waals surface area (Å²) in [6.45, 7) is 1.25. The molecule has 0 spiro atoms. The Morgan fingerprint density at radius 1 is 1.11 bits per heavy atom. The molecule has 1 heterocycles. The number of hydrogen-bond acceptors (Lipinski definition) is 5. The molecule has 0 bridgehead atoms. The van der Waals surface area contributed by atoms with Crippen LogP contribution in [0.15, 0.2) is 59.5 Å². The van der Waals surface area contributed by atoms with E-state index in [0.29, 0.717) is 24.5 Å². The highest BCUT2D eigenvalue weighted by Crippen LogP contribution is 2.21. The zero-order valence-electron chi connectivity index (χ0n) is 15.0. The number of carbonyl (C=O) groups excluding carboxylic acids is 1. The Kier molecular flexibility index (Phi) is 6.26. The fraction of sp³-hybridized carbons (Fsp3) is 0.350. The van der Waals surface area contributed by atoms with Crippen LogP contribution < -0.4 is 11.1 Å². The van der Waals surface area contributed by atoms with E-state index >= 15 is 0 Å². The van der Waals surface area contributed by atoms with E-state index in [2.05, 4.69) is 5.32 Å². The van der Waals surface area contributed by atoms with Crippen molar-refractivity contribution in [1.82, 2.24) is 0 Å². The van der Waals surface area contributed by atoms with Crippen molar-refractivity contribution >= 4 is 21.4 Å². The summed E-state index contributed by atoms with van der Waals surface area (Å²) in [5.74, 6) is -0.294. The van der Waals surface area contributed by atoms with Gasteiger partial charge < -0.3 is 15.8 Å². The second-order valence-electron chi connectivity index (χ2n) is 6.74. The molecule has 0 saturated carbocycles. The number of anilines is 1. The van der Waals surface area contributed by atoms with Gasteiger partial charge in [-0.3, -0.25) is 4.79 Å². The maximum atomic E-state index is 12.5. The summed E-state index contributed by atoms with van der Waals surface area (Å²) in [5.41, 5.74) is 7.24. The molecule has 7 heteroatoms. The highest BCUT2D eigenvalue weighted by Gasteiger charge is 2.26. The predicted octanol–water partition coefficient (Wildman–Crippen LogP) is 2.35. The largest absolute Gasteiger partial charge is 0.381 e. The third kappa shape index (κ3) is 5.15. The molecule has 0 aliphatic carbocycles. The molecule has 1 aliphatic rings. The molecule has 0 aromatic heterocycles. The number of carbonyl (C=O) groups is 1. The molecule has 3 N–H and O–H groups in total. The van der Waals surface area contributed by atoms with Crippen LogP contribution in [-0.4, -0.2) is 33.6 Å². The second-order valence-corrected chi connectivity index (χ2v) is 8.73. The average Bonchev–Trinajstić information content (AvgIpc) is 2.68. The summed E-state index contributed by atoms with van der Waals surface area (Å²) in [6.07, 6.45) is 1.54. The van der Waals surface area contributed by atoms with Crippen molar-refractivity contribution in [2.24, 2.45) is 11.7 Å². The van der Waals surface area contributed by atoms with Crippen molar-refractivity contribution in [3.63, 3.8) is 0 Å². The first-order chi connectivity index (χ1) is 13.0. The van der Waals surface area contributed by atoms with Crippen LogP contribution in [0.4, 0.5) is 5.69 Å². The number of sulfone groups is 1. The Balaban J connectivity index is 1.67. The zero-order valence-corrected chi connectivity index (χ0v) is 15.8. The van der Waals surface area contributed by atoms with Gasteiger partial charge in [0.05, 0.1) is 16.7 Å². The Morgan fingerprint density at radius 2 is 1.81 bits per heavy atom. The summed E-state index contributed by atoms with van der Waals surface area (Å²) >= 11 is 0. The van der Waals surface area contributed by atoms with Crippen LogP contribution in [-0.2, 0) is 25.1 Å². The van der Waals surface area contributed by atoms with Gasteiger partial charge in [0.2, 0.25) is 5.91 Å². The van der Waals surface area contributed by atoms with Gasteiger partial charge in [0.1, 0.15) is 0 Å². The molecular weight excluding hydrogens is 364 g/mol. The van der Waals surface area contributed by atoms with Crippen molar-refractivity contribution in [3.05, 3.63) is 60.2 Å². The number of nitrogens with one attached hydrogen (secondary N) is 1. The minimum Gasteiger partial charge on any atom is -0.381 e. The van der Waals surface area contributed by atoms with E-state index in [-0.39, 0.29) is 22.5 Å². The van der Waals surface area contributed by atoms with E-state index in [9.17, 15) is 13.2 Å². The van der Waals surface area contributed by atoms with Crippen LogP contribution in [0.3, 0.4) is 0 Å². The van der Waals surface area contributed by atoms with E-state index in [0.717, 1.165) is 12.8 Å². The molecule has 2 aromatic carbocycles. The first-order valence-corrected chi connectivity index (χ1v) is 10.6. The molecule has 1 atom stereocenters. The van der Waals surface area contributed by atoms with Crippen LogP contribution in [0, 0.1) is 5.92 Å². The Bertz CT molecular complexity index is 878. The monoisotopic (exact) mass is 388 g/mol. The van der Waals surface area contributed by atoms with Crippen LogP contribution in [0.2, 0.25) is 0 Å².